The smallest absolute Gasteiger partial charge is 0.306 e. The molecule has 6 nitrogen and oxygen atoms in total. The third-order valence-corrected chi connectivity index (χ3v) is 3.25. The van der Waals surface area contributed by atoms with Gasteiger partial charge >= 0.3 is 5.97 Å². The predicted octanol–water partition coefficient (Wildman–Crippen LogP) is 0.874. The lowest BCUT2D eigenvalue weighted by atomic mass is 9.94. The van der Waals surface area contributed by atoms with E-state index in [1.807, 2.05) is 0 Å². The minimum absolute atomic E-state index is 0.0481. The van der Waals surface area contributed by atoms with Gasteiger partial charge in [-0.2, -0.15) is 0 Å². The minimum atomic E-state index is -1.42. The van der Waals surface area contributed by atoms with Gasteiger partial charge in [0, 0.05) is 13.0 Å². The highest BCUT2D eigenvalue weighted by atomic mass is 16.4. The van der Waals surface area contributed by atoms with Crippen molar-refractivity contribution in [1.29, 1.82) is 0 Å². The van der Waals surface area contributed by atoms with Crippen LogP contribution in [0.5, 0.6) is 0 Å². The number of carboxylic acids is 1. The fourth-order valence-corrected chi connectivity index (χ4v) is 2.18. The average Bonchev–Trinajstić information content (AvgIpc) is 2.32. The van der Waals surface area contributed by atoms with Crippen molar-refractivity contribution in [3.05, 3.63) is 0 Å². The standard InChI is InChI=1S/C14H28N2O4/c1-3-4-11(7-8-15)5-6-12(17)16-10-14(2,20)9-13(18)19/h11,20H,3-10,15H2,1-2H3,(H,16,17)(H,18,19). The van der Waals surface area contributed by atoms with Crippen molar-refractivity contribution in [1.82, 2.24) is 5.32 Å². The summed E-state index contributed by atoms with van der Waals surface area (Å²) in [5.74, 6) is -0.792. The van der Waals surface area contributed by atoms with Crippen molar-refractivity contribution >= 4 is 11.9 Å². The first-order valence-electron chi connectivity index (χ1n) is 7.21. The van der Waals surface area contributed by atoms with Gasteiger partial charge in [-0.3, -0.25) is 9.59 Å². The van der Waals surface area contributed by atoms with Gasteiger partial charge in [0.05, 0.1) is 12.0 Å². The molecule has 118 valence electrons. The number of aliphatic carboxylic acids is 1. The van der Waals surface area contributed by atoms with E-state index in [0.717, 1.165) is 25.7 Å². The monoisotopic (exact) mass is 288 g/mol. The summed E-state index contributed by atoms with van der Waals surface area (Å²) in [6.07, 6.45) is 3.81. The molecule has 6 heteroatoms. The number of amides is 1. The van der Waals surface area contributed by atoms with Gasteiger partial charge in [-0.05, 0) is 32.2 Å². The van der Waals surface area contributed by atoms with Crippen LogP contribution in [0.2, 0.25) is 0 Å². The molecule has 0 heterocycles. The van der Waals surface area contributed by atoms with Crippen LogP contribution in [0.4, 0.5) is 0 Å². The Hall–Kier alpha value is -1.14. The first-order valence-corrected chi connectivity index (χ1v) is 7.21. The van der Waals surface area contributed by atoms with Crippen LogP contribution in [0.15, 0.2) is 0 Å². The van der Waals surface area contributed by atoms with Crippen molar-refractivity contribution < 1.29 is 19.8 Å². The molecule has 0 spiro atoms. The number of aliphatic hydroxyl groups is 1. The van der Waals surface area contributed by atoms with Crippen molar-refractivity contribution in [3.63, 3.8) is 0 Å². The molecule has 0 aliphatic heterocycles. The lowest BCUT2D eigenvalue weighted by molar-refractivity contribution is -0.142. The molecule has 0 aliphatic carbocycles. The van der Waals surface area contributed by atoms with Gasteiger partial charge < -0.3 is 21.3 Å². The van der Waals surface area contributed by atoms with Crippen LogP contribution in [0.3, 0.4) is 0 Å². The molecule has 0 aliphatic rings. The molecule has 0 radical (unpaired) electrons. The van der Waals surface area contributed by atoms with Crippen molar-refractivity contribution in [2.75, 3.05) is 13.1 Å². The van der Waals surface area contributed by atoms with E-state index in [1.165, 1.54) is 6.92 Å². The summed E-state index contributed by atoms with van der Waals surface area (Å²) in [5, 5.41) is 21.0. The zero-order valence-electron chi connectivity index (χ0n) is 12.5. The van der Waals surface area contributed by atoms with Gasteiger partial charge in [0.2, 0.25) is 5.91 Å². The van der Waals surface area contributed by atoms with E-state index in [1.54, 1.807) is 0 Å². The summed E-state index contributed by atoms with van der Waals surface area (Å²) in [7, 11) is 0. The molecular formula is C14H28N2O4. The molecule has 5 N–H and O–H groups in total. The number of carboxylic acid groups (broad SMARTS) is 1. The average molecular weight is 288 g/mol. The summed E-state index contributed by atoms with van der Waals surface area (Å²) in [6.45, 7) is 4.08. The van der Waals surface area contributed by atoms with Gasteiger partial charge in [-0.1, -0.05) is 19.8 Å². The fraction of sp³-hybridized carbons (Fsp3) is 0.857. The second kappa shape index (κ2) is 9.72. The van der Waals surface area contributed by atoms with Gasteiger partial charge in [0.1, 0.15) is 0 Å². The van der Waals surface area contributed by atoms with Crippen LogP contribution in [-0.2, 0) is 9.59 Å². The lowest BCUT2D eigenvalue weighted by Crippen LogP contribution is -2.42. The Kier molecular flexibility index (Phi) is 9.16. The maximum absolute atomic E-state index is 11.7. The van der Waals surface area contributed by atoms with Crippen LogP contribution in [0, 0.1) is 5.92 Å². The second-order valence-electron chi connectivity index (χ2n) is 5.61. The molecule has 2 atom stereocenters. The van der Waals surface area contributed by atoms with Crippen molar-refractivity contribution in [2.24, 2.45) is 11.7 Å². The largest absolute Gasteiger partial charge is 0.481 e. The third-order valence-electron chi connectivity index (χ3n) is 3.25. The van der Waals surface area contributed by atoms with Gasteiger partial charge in [0.25, 0.3) is 0 Å². The third kappa shape index (κ3) is 9.75. The summed E-state index contributed by atoms with van der Waals surface area (Å²) in [4.78, 5) is 22.2. The highest BCUT2D eigenvalue weighted by molar-refractivity contribution is 5.76. The molecular weight excluding hydrogens is 260 g/mol. The summed E-state index contributed by atoms with van der Waals surface area (Å²) >= 11 is 0. The van der Waals surface area contributed by atoms with E-state index in [2.05, 4.69) is 12.2 Å². The highest BCUT2D eigenvalue weighted by Crippen LogP contribution is 2.17. The lowest BCUT2D eigenvalue weighted by Gasteiger charge is -2.22. The molecule has 0 saturated carbocycles. The van der Waals surface area contributed by atoms with Crippen LogP contribution >= 0.6 is 0 Å². The first-order chi connectivity index (χ1) is 9.30. The topological polar surface area (TPSA) is 113 Å². The maximum Gasteiger partial charge on any atom is 0.306 e. The van der Waals surface area contributed by atoms with E-state index in [-0.39, 0.29) is 18.9 Å². The van der Waals surface area contributed by atoms with Crippen LogP contribution < -0.4 is 11.1 Å². The zero-order valence-corrected chi connectivity index (χ0v) is 12.5. The van der Waals surface area contributed by atoms with E-state index in [4.69, 9.17) is 10.8 Å². The molecule has 1 amide bonds. The van der Waals surface area contributed by atoms with E-state index < -0.39 is 11.6 Å². The molecule has 0 bridgehead atoms. The van der Waals surface area contributed by atoms with E-state index in [0.29, 0.717) is 18.9 Å². The molecule has 0 saturated heterocycles. The van der Waals surface area contributed by atoms with Crippen LogP contribution in [0.25, 0.3) is 0 Å². The number of carbonyl (C=O) groups is 2. The number of rotatable bonds is 11. The number of hydrogen-bond donors (Lipinski definition) is 4. The molecule has 0 fully saturated rings. The molecule has 0 aromatic heterocycles. The van der Waals surface area contributed by atoms with E-state index >= 15 is 0 Å². The van der Waals surface area contributed by atoms with Crippen LogP contribution in [0.1, 0.15) is 52.4 Å². The van der Waals surface area contributed by atoms with Gasteiger partial charge in [0.15, 0.2) is 0 Å². The number of hydrogen-bond acceptors (Lipinski definition) is 4. The van der Waals surface area contributed by atoms with E-state index in [9.17, 15) is 14.7 Å². The number of nitrogens with one attached hydrogen (secondary N) is 1. The SMILES string of the molecule is CCCC(CCN)CCC(=O)NCC(C)(O)CC(=O)O. The fourth-order valence-electron chi connectivity index (χ4n) is 2.18. The highest BCUT2D eigenvalue weighted by Gasteiger charge is 2.24. The molecule has 0 rings (SSSR count). The molecule has 0 aromatic rings. The minimum Gasteiger partial charge on any atom is -0.481 e. The van der Waals surface area contributed by atoms with Gasteiger partial charge in [-0.25, -0.2) is 0 Å². The Morgan fingerprint density at radius 2 is 1.95 bits per heavy atom. The Morgan fingerprint density at radius 3 is 2.45 bits per heavy atom. The van der Waals surface area contributed by atoms with Crippen molar-refractivity contribution in [3.8, 4) is 0 Å². The maximum atomic E-state index is 11.7. The normalized spacial score (nSPS) is 15.4. The Bertz CT molecular complexity index is 300. The Labute approximate surface area is 120 Å². The molecule has 20 heavy (non-hydrogen) atoms. The summed E-state index contributed by atoms with van der Waals surface area (Å²) < 4.78 is 0. The van der Waals surface area contributed by atoms with Gasteiger partial charge in [-0.15, -0.1) is 0 Å². The summed E-state index contributed by atoms with van der Waals surface area (Å²) in [5.41, 5.74) is 4.12. The zero-order chi connectivity index (χ0) is 15.6. The van der Waals surface area contributed by atoms with Crippen molar-refractivity contribution in [2.45, 2.75) is 58.0 Å². The van der Waals surface area contributed by atoms with Crippen LogP contribution in [-0.4, -0.2) is 40.8 Å². The molecule has 0 aromatic carbocycles. The second-order valence-corrected chi connectivity index (χ2v) is 5.61. The Balaban J connectivity index is 4.01. The first kappa shape index (κ1) is 18.9. The number of nitrogens with two attached hydrogens (primary N) is 1. The predicted molar refractivity (Wildman–Crippen MR) is 77.2 cm³/mol. The molecule has 2 unspecified atom stereocenters. The Morgan fingerprint density at radius 1 is 1.30 bits per heavy atom. The quantitative estimate of drug-likeness (QED) is 0.451. The summed E-state index contributed by atoms with van der Waals surface area (Å²) in [6, 6.07) is 0. The number of carbonyl (C=O) groups excluding carboxylic acids is 1.